The van der Waals surface area contributed by atoms with E-state index >= 15 is 0 Å². The van der Waals surface area contributed by atoms with Crippen molar-refractivity contribution in [3.05, 3.63) is 42.0 Å². The molecule has 1 aliphatic heterocycles. The van der Waals surface area contributed by atoms with Crippen LogP contribution in [-0.4, -0.2) is 22.7 Å². The van der Waals surface area contributed by atoms with Gasteiger partial charge in [0.15, 0.2) is 16.8 Å². The second-order valence-corrected chi connectivity index (χ2v) is 4.30. The Bertz CT molecular complexity index is 561. The minimum absolute atomic E-state index is 0.0777. The maximum Gasteiger partial charge on any atom is 0.246 e. The van der Waals surface area contributed by atoms with Crippen molar-refractivity contribution in [3.8, 4) is 0 Å². The quantitative estimate of drug-likeness (QED) is 0.476. The molecule has 0 radical (unpaired) electrons. The molecule has 0 aromatic heterocycles. The van der Waals surface area contributed by atoms with Crippen LogP contribution in [0.5, 0.6) is 0 Å². The average Bonchev–Trinajstić information content (AvgIpc) is 2.36. The summed E-state index contributed by atoms with van der Waals surface area (Å²) < 4.78 is 0. The van der Waals surface area contributed by atoms with Gasteiger partial charge in [0.2, 0.25) is 11.8 Å². The van der Waals surface area contributed by atoms with Crippen molar-refractivity contribution in [1.82, 2.24) is 10.6 Å². The molecule has 2 N–H and O–H groups in total. The Hall–Kier alpha value is -2.34. The third kappa shape index (κ3) is 3.11. The first-order valence-electron chi connectivity index (χ1n) is 5.50. The summed E-state index contributed by atoms with van der Waals surface area (Å²) in [5.41, 5.74) is 0.808. The molecule has 0 atom stereocenters. The van der Waals surface area contributed by atoms with E-state index in [0.29, 0.717) is 0 Å². The summed E-state index contributed by atoms with van der Waals surface area (Å²) in [6, 6.07) is 9.10. The summed E-state index contributed by atoms with van der Waals surface area (Å²) in [5.74, 6) is -3.36. The number of carbonyl (C=O) groups is 3. The van der Waals surface area contributed by atoms with Crippen molar-refractivity contribution in [3.63, 3.8) is 0 Å². The molecule has 96 valence electrons. The van der Waals surface area contributed by atoms with Crippen molar-refractivity contribution in [1.29, 1.82) is 0 Å². The number of hydrogen-bond donors (Lipinski definition) is 2. The molecule has 6 heteroatoms. The van der Waals surface area contributed by atoms with Crippen LogP contribution in [-0.2, 0) is 14.4 Å². The normalized spacial score (nSPS) is 16.3. The topological polar surface area (TPSA) is 75.3 Å². The Morgan fingerprint density at radius 1 is 1.11 bits per heavy atom. The Kier molecular flexibility index (Phi) is 3.82. The highest BCUT2D eigenvalue weighted by Crippen LogP contribution is 2.07. The fourth-order valence-electron chi connectivity index (χ4n) is 1.62. The van der Waals surface area contributed by atoms with Crippen LogP contribution in [0.4, 0.5) is 0 Å². The van der Waals surface area contributed by atoms with Gasteiger partial charge in [-0.05, 0) is 23.9 Å². The summed E-state index contributed by atoms with van der Waals surface area (Å²) in [7, 11) is 0. The lowest BCUT2D eigenvalue weighted by atomic mass is 9.99. The molecule has 1 heterocycles. The molecule has 0 bridgehead atoms. The van der Waals surface area contributed by atoms with Gasteiger partial charge in [-0.2, -0.15) is 0 Å². The third-order valence-corrected chi connectivity index (χ3v) is 2.73. The molecule has 0 saturated carbocycles. The summed E-state index contributed by atoms with van der Waals surface area (Å²) in [5, 5.41) is 4.41. The minimum atomic E-state index is -1.38. The predicted molar refractivity (Wildman–Crippen MR) is 72.9 cm³/mol. The summed E-state index contributed by atoms with van der Waals surface area (Å²) >= 11 is 4.65. The van der Waals surface area contributed by atoms with E-state index in [1.54, 1.807) is 18.2 Å². The van der Waals surface area contributed by atoms with Gasteiger partial charge in [-0.25, -0.2) is 0 Å². The molecular weight excluding hydrogens is 264 g/mol. The first-order chi connectivity index (χ1) is 9.08. The summed E-state index contributed by atoms with van der Waals surface area (Å²) in [4.78, 5) is 35.0. The van der Waals surface area contributed by atoms with Crippen LogP contribution in [0.1, 0.15) is 5.56 Å². The Labute approximate surface area is 114 Å². The second kappa shape index (κ2) is 5.53. The predicted octanol–water partition coefficient (Wildman–Crippen LogP) is 0.416. The van der Waals surface area contributed by atoms with Crippen LogP contribution in [0.15, 0.2) is 36.4 Å². The van der Waals surface area contributed by atoms with Crippen LogP contribution in [0.3, 0.4) is 0 Å². The maximum atomic E-state index is 11.8. The molecule has 1 aromatic carbocycles. The zero-order valence-corrected chi connectivity index (χ0v) is 10.6. The van der Waals surface area contributed by atoms with Crippen LogP contribution < -0.4 is 10.6 Å². The van der Waals surface area contributed by atoms with Gasteiger partial charge in [0.05, 0.1) is 0 Å². The molecule has 1 aromatic rings. The highest BCUT2D eigenvalue weighted by Gasteiger charge is 2.37. The molecular formula is C13H10N2O3S. The van der Waals surface area contributed by atoms with E-state index in [1.807, 2.05) is 18.2 Å². The fraction of sp³-hybridized carbons (Fsp3) is 0.0769. The van der Waals surface area contributed by atoms with E-state index in [1.165, 1.54) is 6.08 Å². The zero-order valence-electron chi connectivity index (χ0n) is 9.75. The summed E-state index contributed by atoms with van der Waals surface area (Å²) in [6.07, 6.45) is 2.77. The highest BCUT2D eigenvalue weighted by molar-refractivity contribution is 7.80. The molecule has 0 unspecified atom stereocenters. The van der Waals surface area contributed by atoms with Crippen molar-refractivity contribution < 1.29 is 14.4 Å². The number of rotatable bonds is 3. The van der Waals surface area contributed by atoms with Crippen LogP contribution in [0.25, 0.3) is 6.08 Å². The van der Waals surface area contributed by atoms with Crippen molar-refractivity contribution in [2.24, 2.45) is 5.92 Å². The van der Waals surface area contributed by atoms with Crippen molar-refractivity contribution >= 4 is 41.0 Å². The number of benzene rings is 1. The third-order valence-electron chi connectivity index (χ3n) is 2.52. The number of amides is 2. The number of carbonyl (C=O) groups excluding carboxylic acids is 3. The van der Waals surface area contributed by atoms with Gasteiger partial charge in [-0.1, -0.05) is 36.4 Å². The van der Waals surface area contributed by atoms with E-state index in [0.717, 1.165) is 5.56 Å². The summed E-state index contributed by atoms with van der Waals surface area (Å²) in [6.45, 7) is 0. The monoisotopic (exact) mass is 274 g/mol. The van der Waals surface area contributed by atoms with Gasteiger partial charge in [-0.15, -0.1) is 0 Å². The lowest BCUT2D eigenvalue weighted by Crippen LogP contribution is -2.57. The smallest absolute Gasteiger partial charge is 0.246 e. The molecule has 2 amide bonds. The Morgan fingerprint density at radius 2 is 1.68 bits per heavy atom. The fourth-order valence-corrected chi connectivity index (χ4v) is 1.82. The van der Waals surface area contributed by atoms with Gasteiger partial charge in [0, 0.05) is 0 Å². The Morgan fingerprint density at radius 3 is 2.26 bits per heavy atom. The van der Waals surface area contributed by atoms with Gasteiger partial charge >= 0.3 is 0 Å². The largest absolute Gasteiger partial charge is 0.302 e. The number of thiocarbonyl (C=S) groups is 1. The lowest BCUT2D eigenvalue weighted by Gasteiger charge is -2.20. The van der Waals surface area contributed by atoms with Crippen LogP contribution in [0.2, 0.25) is 0 Å². The van der Waals surface area contributed by atoms with Gasteiger partial charge in [0.1, 0.15) is 0 Å². The standard InChI is InChI=1S/C13H10N2O3S/c16-9(7-6-8-4-2-1-3-5-8)10-11(17)14-13(19)15-12(10)18/h1-7,10H,(H2,14,15,17,18,19). The van der Waals surface area contributed by atoms with E-state index in [2.05, 4.69) is 22.9 Å². The molecule has 1 saturated heterocycles. The number of allylic oxidation sites excluding steroid dienone is 1. The molecule has 5 nitrogen and oxygen atoms in total. The molecule has 0 spiro atoms. The van der Waals surface area contributed by atoms with E-state index in [-0.39, 0.29) is 5.11 Å². The van der Waals surface area contributed by atoms with Crippen molar-refractivity contribution in [2.45, 2.75) is 0 Å². The van der Waals surface area contributed by atoms with E-state index in [9.17, 15) is 14.4 Å². The van der Waals surface area contributed by atoms with Gasteiger partial charge in [-0.3, -0.25) is 14.4 Å². The van der Waals surface area contributed by atoms with Gasteiger partial charge in [0.25, 0.3) is 0 Å². The SMILES string of the molecule is O=C(C=Cc1ccccc1)C1C(=O)NC(=S)NC1=O. The molecule has 19 heavy (non-hydrogen) atoms. The first-order valence-corrected chi connectivity index (χ1v) is 5.91. The maximum absolute atomic E-state index is 11.8. The molecule has 2 rings (SSSR count). The zero-order chi connectivity index (χ0) is 13.8. The number of ketones is 1. The minimum Gasteiger partial charge on any atom is -0.302 e. The number of nitrogens with one attached hydrogen (secondary N) is 2. The van der Waals surface area contributed by atoms with Crippen LogP contribution >= 0.6 is 12.2 Å². The molecule has 0 aliphatic carbocycles. The van der Waals surface area contributed by atoms with Gasteiger partial charge < -0.3 is 10.6 Å². The lowest BCUT2D eigenvalue weighted by molar-refractivity contribution is -0.140. The molecule has 1 fully saturated rings. The van der Waals surface area contributed by atoms with E-state index in [4.69, 9.17) is 0 Å². The first kappa shape index (κ1) is 13.1. The average molecular weight is 274 g/mol. The Balaban J connectivity index is 2.12. The second-order valence-electron chi connectivity index (χ2n) is 3.89. The van der Waals surface area contributed by atoms with Crippen LogP contribution in [0, 0.1) is 5.92 Å². The highest BCUT2D eigenvalue weighted by atomic mass is 32.1. The number of hydrogen-bond acceptors (Lipinski definition) is 4. The molecule has 1 aliphatic rings. The van der Waals surface area contributed by atoms with E-state index < -0.39 is 23.5 Å². The van der Waals surface area contributed by atoms with Crippen molar-refractivity contribution in [2.75, 3.05) is 0 Å².